The Morgan fingerprint density at radius 2 is 1.63 bits per heavy atom. The van der Waals surface area contributed by atoms with E-state index in [0.717, 1.165) is 24.1 Å². The molecule has 1 atom stereocenters. The molecule has 2 aromatic rings. The maximum Gasteiger partial charge on any atom is 0.128 e. The summed E-state index contributed by atoms with van der Waals surface area (Å²) in [6, 6.07) is 10.9. The minimum Gasteiger partial charge on any atom is -0.324 e. The molecule has 19 heavy (non-hydrogen) atoms. The van der Waals surface area contributed by atoms with Crippen LogP contribution in [0.2, 0.25) is 0 Å². The minimum atomic E-state index is -0.539. The Morgan fingerprint density at radius 3 is 2.26 bits per heavy atom. The van der Waals surface area contributed by atoms with Crippen molar-refractivity contribution in [1.29, 1.82) is 0 Å². The minimum absolute atomic E-state index is 0.222. The molecule has 3 heteroatoms. The smallest absolute Gasteiger partial charge is 0.128 e. The molecule has 0 amide bonds. The predicted octanol–water partition coefficient (Wildman–Crippen LogP) is 3.77. The van der Waals surface area contributed by atoms with Crippen molar-refractivity contribution in [2.75, 3.05) is 0 Å². The highest BCUT2D eigenvalue weighted by atomic mass is 19.1. The predicted molar refractivity (Wildman–Crippen MR) is 72.8 cm³/mol. The van der Waals surface area contributed by atoms with E-state index in [1.165, 1.54) is 11.6 Å². The molecule has 0 aliphatic heterocycles. The number of rotatable bonds is 4. The van der Waals surface area contributed by atoms with E-state index in [1.54, 1.807) is 0 Å². The van der Waals surface area contributed by atoms with Crippen molar-refractivity contribution in [1.82, 2.24) is 0 Å². The lowest BCUT2D eigenvalue weighted by Gasteiger charge is -2.13. The third-order valence-corrected chi connectivity index (χ3v) is 3.24. The van der Waals surface area contributed by atoms with E-state index in [-0.39, 0.29) is 5.56 Å². The van der Waals surface area contributed by atoms with E-state index in [9.17, 15) is 8.78 Å². The van der Waals surface area contributed by atoms with Gasteiger partial charge in [-0.3, -0.25) is 0 Å². The summed E-state index contributed by atoms with van der Waals surface area (Å²) in [6.07, 6.45) is 1.47. The first-order valence-electron chi connectivity index (χ1n) is 6.38. The molecule has 0 aromatic heterocycles. The summed E-state index contributed by atoms with van der Waals surface area (Å²) < 4.78 is 26.7. The summed E-state index contributed by atoms with van der Waals surface area (Å²) in [5.41, 5.74) is 8.45. The summed E-state index contributed by atoms with van der Waals surface area (Å²) in [4.78, 5) is 0. The van der Waals surface area contributed by atoms with Gasteiger partial charge in [-0.15, -0.1) is 0 Å². The van der Waals surface area contributed by atoms with Crippen LogP contribution in [0.4, 0.5) is 8.78 Å². The quantitative estimate of drug-likeness (QED) is 0.890. The molecular weight excluding hydrogens is 244 g/mol. The molecule has 0 saturated carbocycles. The third-order valence-electron chi connectivity index (χ3n) is 3.24. The average molecular weight is 261 g/mol. The second-order valence-electron chi connectivity index (χ2n) is 4.65. The zero-order valence-electron chi connectivity index (χ0n) is 10.9. The second kappa shape index (κ2) is 5.93. The normalized spacial score (nSPS) is 12.4. The maximum absolute atomic E-state index is 13.6. The highest BCUT2D eigenvalue weighted by molar-refractivity contribution is 5.27. The van der Waals surface area contributed by atoms with Gasteiger partial charge in [-0.05, 0) is 42.2 Å². The molecule has 2 rings (SSSR count). The van der Waals surface area contributed by atoms with Gasteiger partial charge < -0.3 is 5.73 Å². The molecule has 0 saturated heterocycles. The van der Waals surface area contributed by atoms with Gasteiger partial charge in [-0.25, -0.2) is 8.78 Å². The van der Waals surface area contributed by atoms with E-state index in [2.05, 4.69) is 6.92 Å². The Kier molecular flexibility index (Phi) is 4.27. The Bertz CT molecular complexity index is 549. The van der Waals surface area contributed by atoms with Crippen molar-refractivity contribution in [3.05, 3.63) is 70.8 Å². The Balaban J connectivity index is 2.15. The average Bonchev–Trinajstić information content (AvgIpc) is 2.42. The van der Waals surface area contributed by atoms with Crippen LogP contribution in [0.1, 0.15) is 29.7 Å². The molecule has 0 aliphatic rings. The van der Waals surface area contributed by atoms with Crippen molar-refractivity contribution in [3.63, 3.8) is 0 Å². The fourth-order valence-electron chi connectivity index (χ4n) is 2.07. The van der Waals surface area contributed by atoms with Crippen molar-refractivity contribution < 1.29 is 8.78 Å². The first-order chi connectivity index (χ1) is 9.10. The van der Waals surface area contributed by atoms with E-state index < -0.39 is 17.7 Å². The Labute approximate surface area is 112 Å². The van der Waals surface area contributed by atoms with Crippen molar-refractivity contribution in [2.45, 2.75) is 25.8 Å². The lowest BCUT2D eigenvalue weighted by molar-refractivity contribution is 0.561. The van der Waals surface area contributed by atoms with Gasteiger partial charge in [0.15, 0.2) is 0 Å². The summed E-state index contributed by atoms with van der Waals surface area (Å²) in [5.74, 6) is -0.924. The number of halogens is 2. The number of benzene rings is 2. The summed E-state index contributed by atoms with van der Waals surface area (Å²) in [5, 5.41) is 0. The molecular formula is C16H17F2N. The van der Waals surface area contributed by atoms with Gasteiger partial charge in [-0.2, -0.15) is 0 Å². The van der Waals surface area contributed by atoms with Gasteiger partial charge in [0.1, 0.15) is 11.6 Å². The van der Waals surface area contributed by atoms with Crippen LogP contribution >= 0.6 is 0 Å². The fraction of sp³-hybridized carbons (Fsp3) is 0.250. The first kappa shape index (κ1) is 13.7. The molecule has 1 unspecified atom stereocenters. The summed E-state index contributed by atoms with van der Waals surface area (Å²) in [7, 11) is 0. The van der Waals surface area contributed by atoms with Crippen molar-refractivity contribution in [2.24, 2.45) is 5.73 Å². The fourth-order valence-corrected chi connectivity index (χ4v) is 2.07. The van der Waals surface area contributed by atoms with Crippen LogP contribution in [0, 0.1) is 11.6 Å². The van der Waals surface area contributed by atoms with E-state index >= 15 is 0 Å². The van der Waals surface area contributed by atoms with Gasteiger partial charge >= 0.3 is 0 Å². The van der Waals surface area contributed by atoms with Crippen molar-refractivity contribution >= 4 is 0 Å². The van der Waals surface area contributed by atoms with Gasteiger partial charge in [0, 0.05) is 11.6 Å². The van der Waals surface area contributed by atoms with Gasteiger partial charge in [0.25, 0.3) is 0 Å². The molecule has 0 heterocycles. The van der Waals surface area contributed by atoms with Crippen LogP contribution in [0.25, 0.3) is 0 Å². The lowest BCUT2D eigenvalue weighted by atomic mass is 9.98. The van der Waals surface area contributed by atoms with Crippen molar-refractivity contribution in [3.8, 4) is 0 Å². The molecule has 0 spiro atoms. The topological polar surface area (TPSA) is 26.0 Å². The molecule has 2 N–H and O–H groups in total. The SMILES string of the molecule is CCc1ccc(CC(N)c2cc(F)ccc2F)cc1. The molecule has 0 aliphatic carbocycles. The number of nitrogens with two attached hydrogens (primary N) is 1. The first-order valence-corrected chi connectivity index (χ1v) is 6.38. The molecule has 2 aromatic carbocycles. The van der Waals surface area contributed by atoms with Gasteiger partial charge in [0.05, 0.1) is 0 Å². The molecule has 1 nitrogen and oxygen atoms in total. The largest absolute Gasteiger partial charge is 0.324 e. The zero-order chi connectivity index (χ0) is 13.8. The standard InChI is InChI=1S/C16H17F2N/c1-2-11-3-5-12(6-4-11)9-16(19)14-10-13(17)7-8-15(14)18/h3-8,10,16H,2,9,19H2,1H3. The number of aryl methyl sites for hydroxylation is 1. The van der Waals surface area contributed by atoms with Gasteiger partial charge in [-0.1, -0.05) is 31.2 Å². The Hall–Kier alpha value is -1.74. The van der Waals surface area contributed by atoms with Crippen LogP contribution in [-0.4, -0.2) is 0 Å². The number of hydrogen-bond acceptors (Lipinski definition) is 1. The third kappa shape index (κ3) is 3.38. The van der Waals surface area contributed by atoms with Gasteiger partial charge in [0.2, 0.25) is 0 Å². The molecule has 0 bridgehead atoms. The lowest BCUT2D eigenvalue weighted by Crippen LogP contribution is -2.15. The highest BCUT2D eigenvalue weighted by Crippen LogP contribution is 2.20. The zero-order valence-corrected chi connectivity index (χ0v) is 10.9. The molecule has 100 valence electrons. The highest BCUT2D eigenvalue weighted by Gasteiger charge is 2.13. The van der Waals surface area contributed by atoms with E-state index in [0.29, 0.717) is 6.42 Å². The Morgan fingerprint density at radius 1 is 1.00 bits per heavy atom. The summed E-state index contributed by atoms with van der Waals surface area (Å²) in [6.45, 7) is 2.09. The molecule has 0 radical (unpaired) electrons. The van der Waals surface area contributed by atoms with E-state index in [1.807, 2.05) is 24.3 Å². The van der Waals surface area contributed by atoms with E-state index in [4.69, 9.17) is 5.73 Å². The maximum atomic E-state index is 13.6. The van der Waals surface area contributed by atoms with Crippen LogP contribution in [0.15, 0.2) is 42.5 Å². The molecule has 0 fully saturated rings. The van der Waals surface area contributed by atoms with Crippen LogP contribution in [0.3, 0.4) is 0 Å². The summed E-state index contributed by atoms with van der Waals surface area (Å²) >= 11 is 0. The van der Waals surface area contributed by atoms with Crippen LogP contribution < -0.4 is 5.73 Å². The monoisotopic (exact) mass is 261 g/mol. The second-order valence-corrected chi connectivity index (χ2v) is 4.65. The number of hydrogen-bond donors (Lipinski definition) is 1. The van der Waals surface area contributed by atoms with Crippen LogP contribution in [0.5, 0.6) is 0 Å². The van der Waals surface area contributed by atoms with Crippen LogP contribution in [-0.2, 0) is 12.8 Å².